The van der Waals surface area contributed by atoms with E-state index >= 15 is 0 Å². The van der Waals surface area contributed by atoms with Crippen molar-refractivity contribution >= 4 is 5.71 Å². The lowest BCUT2D eigenvalue weighted by atomic mass is 9.64. The van der Waals surface area contributed by atoms with Crippen LogP contribution in [0.15, 0.2) is 4.99 Å². The normalized spacial score (nSPS) is 41.3. The number of alkyl halides is 3. The Morgan fingerprint density at radius 3 is 2.47 bits per heavy atom. The van der Waals surface area contributed by atoms with Crippen LogP contribution < -0.4 is 5.32 Å². The average Bonchev–Trinajstić information content (AvgIpc) is 3.03. The second kappa shape index (κ2) is 13.4. The molecule has 3 aliphatic carbocycles. The second-order valence-electron chi connectivity index (χ2n) is 14.1. The highest BCUT2D eigenvalue weighted by Gasteiger charge is 2.46. The van der Waals surface area contributed by atoms with Crippen LogP contribution in [0, 0.1) is 53.3 Å². The van der Waals surface area contributed by atoms with E-state index in [4.69, 9.17) is 4.99 Å². The van der Waals surface area contributed by atoms with Crippen LogP contribution in [0.4, 0.5) is 13.2 Å². The third kappa shape index (κ3) is 7.77. The molecule has 1 aliphatic heterocycles. The Kier molecular flexibility index (Phi) is 10.7. The predicted octanol–water partition coefficient (Wildman–Crippen LogP) is 8.06. The van der Waals surface area contributed by atoms with Gasteiger partial charge in [-0.3, -0.25) is 4.99 Å². The number of fused-ring (bicyclic) bond motifs is 2. The maximum Gasteiger partial charge on any atom is 0.391 e. The van der Waals surface area contributed by atoms with E-state index in [2.05, 4.69) is 33.0 Å². The smallest absolute Gasteiger partial charge is 0.391 e. The highest BCUT2D eigenvalue weighted by atomic mass is 19.4. The summed E-state index contributed by atoms with van der Waals surface area (Å²) >= 11 is 0. The number of hydrogen-bond acceptors (Lipinski definition) is 3. The van der Waals surface area contributed by atoms with E-state index in [1.165, 1.54) is 31.4 Å². The number of rotatable bonds is 9. The molecular weight excluding hydrogens is 485 g/mol. The molecule has 0 saturated heterocycles. The fourth-order valence-corrected chi connectivity index (χ4v) is 8.95. The molecule has 220 valence electrons. The first kappa shape index (κ1) is 30.3. The summed E-state index contributed by atoms with van der Waals surface area (Å²) in [7, 11) is 0. The Bertz CT molecular complexity index is 770. The molecule has 38 heavy (non-hydrogen) atoms. The van der Waals surface area contributed by atoms with Gasteiger partial charge in [0, 0.05) is 5.71 Å². The maximum atomic E-state index is 13.8. The third-order valence-corrected chi connectivity index (χ3v) is 11.2. The molecule has 0 aromatic rings. The molecule has 3 fully saturated rings. The minimum absolute atomic E-state index is 0.0225. The highest BCUT2D eigenvalue weighted by molar-refractivity contribution is 5.85. The molecule has 11 unspecified atom stereocenters. The number of aliphatic imine (C=N–C) groups is 1. The maximum absolute atomic E-state index is 13.8. The standard InChI is InChI=1S/C32H55F3N2O/c1-5-36-12-6-7-23-14-24(16-28(15-23)32(33,34)35)17-30(38)26-11-9-21(3)29(19-26)31-27-13-20(2)8-10-25(18-27)22(4)37-31/h20-21,23-31,36,38H,5-19H2,1-4H3. The van der Waals surface area contributed by atoms with Gasteiger partial charge in [-0.1, -0.05) is 33.6 Å². The van der Waals surface area contributed by atoms with Gasteiger partial charge in [-0.2, -0.15) is 13.2 Å². The largest absolute Gasteiger partial charge is 0.393 e. The SMILES string of the molecule is CCNCCCC1CC(CC(O)C2CCC(C)C(C3N=C(C)C4CCC(C)CC3C4)C2)CC(C(F)(F)F)C1. The van der Waals surface area contributed by atoms with Gasteiger partial charge in [0.25, 0.3) is 0 Å². The second-order valence-corrected chi connectivity index (χ2v) is 14.1. The summed E-state index contributed by atoms with van der Waals surface area (Å²) < 4.78 is 41.5. The quantitative estimate of drug-likeness (QED) is 0.291. The number of nitrogens with zero attached hydrogens (tertiary/aromatic N) is 1. The van der Waals surface area contributed by atoms with Crippen LogP contribution in [0.25, 0.3) is 0 Å². The molecule has 4 rings (SSSR count). The van der Waals surface area contributed by atoms with E-state index in [0.717, 1.165) is 57.5 Å². The van der Waals surface area contributed by atoms with E-state index in [-0.39, 0.29) is 30.6 Å². The van der Waals surface area contributed by atoms with Crippen LogP contribution in [-0.2, 0) is 0 Å². The van der Waals surface area contributed by atoms with Crippen molar-refractivity contribution in [3.63, 3.8) is 0 Å². The number of aliphatic hydroxyl groups excluding tert-OH is 1. The van der Waals surface area contributed by atoms with Gasteiger partial charge >= 0.3 is 6.18 Å². The summed E-state index contributed by atoms with van der Waals surface area (Å²) in [4.78, 5) is 5.34. The Labute approximate surface area is 230 Å². The molecule has 3 saturated carbocycles. The van der Waals surface area contributed by atoms with Gasteiger partial charge in [0.1, 0.15) is 0 Å². The van der Waals surface area contributed by atoms with E-state index in [0.29, 0.717) is 36.1 Å². The molecule has 1 heterocycles. The predicted molar refractivity (Wildman–Crippen MR) is 150 cm³/mol. The summed E-state index contributed by atoms with van der Waals surface area (Å²) in [6.07, 6.45) is 7.24. The van der Waals surface area contributed by atoms with Crippen LogP contribution in [0.1, 0.15) is 111 Å². The summed E-state index contributed by atoms with van der Waals surface area (Å²) in [5, 5.41) is 14.7. The minimum Gasteiger partial charge on any atom is -0.393 e. The first-order valence-corrected chi connectivity index (χ1v) is 16.0. The van der Waals surface area contributed by atoms with Gasteiger partial charge < -0.3 is 10.4 Å². The van der Waals surface area contributed by atoms with E-state index in [1.807, 2.05) is 0 Å². The van der Waals surface area contributed by atoms with E-state index < -0.39 is 18.2 Å². The topological polar surface area (TPSA) is 44.6 Å². The number of hydrogen-bond donors (Lipinski definition) is 2. The number of aliphatic hydroxyl groups is 1. The first-order chi connectivity index (χ1) is 18.0. The minimum atomic E-state index is -4.13. The fourth-order valence-electron chi connectivity index (χ4n) is 8.95. The van der Waals surface area contributed by atoms with Crippen molar-refractivity contribution in [2.75, 3.05) is 13.1 Å². The van der Waals surface area contributed by atoms with Crippen LogP contribution in [0.2, 0.25) is 0 Å². The van der Waals surface area contributed by atoms with Crippen molar-refractivity contribution in [1.82, 2.24) is 5.32 Å². The van der Waals surface area contributed by atoms with Crippen LogP contribution in [-0.4, -0.2) is 42.2 Å². The van der Waals surface area contributed by atoms with Gasteiger partial charge in [-0.15, -0.1) is 0 Å². The van der Waals surface area contributed by atoms with Crippen molar-refractivity contribution in [3.8, 4) is 0 Å². The molecule has 0 aromatic carbocycles. The summed E-state index contributed by atoms with van der Waals surface area (Å²) in [5.74, 6) is 2.24. The lowest BCUT2D eigenvalue weighted by Crippen LogP contribution is -2.43. The summed E-state index contributed by atoms with van der Waals surface area (Å²) in [6.45, 7) is 10.8. The van der Waals surface area contributed by atoms with Crippen LogP contribution in [0.3, 0.4) is 0 Å². The van der Waals surface area contributed by atoms with Gasteiger partial charge in [-0.25, -0.2) is 0 Å². The van der Waals surface area contributed by atoms with Crippen molar-refractivity contribution < 1.29 is 18.3 Å². The van der Waals surface area contributed by atoms with Gasteiger partial charge in [0.2, 0.25) is 0 Å². The fraction of sp³-hybridized carbons (Fsp3) is 0.969. The monoisotopic (exact) mass is 540 g/mol. The molecular formula is C32H55F3N2O. The highest BCUT2D eigenvalue weighted by Crippen LogP contribution is 2.49. The molecule has 6 heteroatoms. The molecule has 0 radical (unpaired) electrons. The van der Waals surface area contributed by atoms with Crippen LogP contribution in [0.5, 0.6) is 0 Å². The van der Waals surface area contributed by atoms with Crippen molar-refractivity contribution in [2.45, 2.75) is 129 Å². The van der Waals surface area contributed by atoms with E-state index in [9.17, 15) is 18.3 Å². The van der Waals surface area contributed by atoms with Crippen molar-refractivity contribution in [2.24, 2.45) is 58.3 Å². The third-order valence-electron chi connectivity index (χ3n) is 11.2. The molecule has 0 aromatic heterocycles. The van der Waals surface area contributed by atoms with Gasteiger partial charge in [0.05, 0.1) is 18.1 Å². The molecule has 0 spiro atoms. The Balaban J connectivity index is 1.39. The van der Waals surface area contributed by atoms with Crippen LogP contribution >= 0.6 is 0 Å². The van der Waals surface area contributed by atoms with Gasteiger partial charge in [-0.05, 0) is 138 Å². The summed E-state index contributed by atoms with van der Waals surface area (Å²) in [6, 6.07) is 0.363. The van der Waals surface area contributed by atoms with E-state index in [1.54, 1.807) is 0 Å². The lowest BCUT2D eigenvalue weighted by Gasteiger charge is -2.45. The Hall–Kier alpha value is -0.620. The number of halogens is 3. The van der Waals surface area contributed by atoms with Crippen molar-refractivity contribution in [3.05, 3.63) is 0 Å². The molecule has 2 N–H and O–H groups in total. The molecule has 2 bridgehead atoms. The lowest BCUT2D eigenvalue weighted by molar-refractivity contribution is -0.191. The zero-order valence-corrected chi connectivity index (χ0v) is 24.5. The zero-order chi connectivity index (χ0) is 27.4. The number of nitrogens with one attached hydrogen (secondary N) is 1. The average molecular weight is 541 g/mol. The van der Waals surface area contributed by atoms with Crippen molar-refractivity contribution in [1.29, 1.82) is 0 Å². The Morgan fingerprint density at radius 2 is 1.74 bits per heavy atom. The summed E-state index contributed by atoms with van der Waals surface area (Å²) in [5.41, 5.74) is 1.34. The first-order valence-electron chi connectivity index (χ1n) is 16.0. The molecule has 3 nitrogen and oxygen atoms in total. The molecule has 4 aliphatic rings. The Morgan fingerprint density at radius 1 is 0.974 bits per heavy atom. The zero-order valence-electron chi connectivity index (χ0n) is 24.5. The molecule has 11 atom stereocenters. The van der Waals surface area contributed by atoms with Gasteiger partial charge in [0.15, 0.2) is 0 Å². The molecule has 0 amide bonds.